The van der Waals surface area contributed by atoms with E-state index in [4.69, 9.17) is 4.42 Å². The third-order valence-corrected chi connectivity index (χ3v) is 8.44. The van der Waals surface area contributed by atoms with Gasteiger partial charge in [-0.25, -0.2) is 0 Å². The highest BCUT2D eigenvalue weighted by molar-refractivity contribution is 7.99. The topological polar surface area (TPSA) is 59.2 Å². The number of hydrogen-bond acceptors (Lipinski definition) is 5. The zero-order valence-corrected chi connectivity index (χ0v) is 17.2. The van der Waals surface area contributed by atoms with Crippen molar-refractivity contribution in [1.29, 1.82) is 0 Å². The summed E-state index contributed by atoms with van der Waals surface area (Å²) in [5, 5.41) is 9.35. The number of hydrogen-bond donors (Lipinski definition) is 0. The fourth-order valence-electron chi connectivity index (χ4n) is 6.81. The first-order chi connectivity index (χ1) is 13.1. The molecule has 6 heteroatoms. The number of likely N-dealkylation sites (tertiary alicyclic amines) is 1. The van der Waals surface area contributed by atoms with E-state index in [1.54, 1.807) is 0 Å². The van der Waals surface area contributed by atoms with Gasteiger partial charge in [0.15, 0.2) is 0 Å². The molecule has 148 valence electrons. The molecule has 0 aromatic carbocycles. The summed E-state index contributed by atoms with van der Waals surface area (Å²) >= 11 is 1.43. The molecule has 5 fully saturated rings. The van der Waals surface area contributed by atoms with Gasteiger partial charge in [-0.2, -0.15) is 0 Å². The lowest BCUT2D eigenvalue weighted by Crippen LogP contribution is -2.48. The fraction of sp³-hybridized carbons (Fsp3) is 0.857. The minimum Gasteiger partial charge on any atom is -0.415 e. The Labute approximate surface area is 166 Å². The van der Waals surface area contributed by atoms with Gasteiger partial charge in [-0.05, 0) is 82.0 Å². The summed E-state index contributed by atoms with van der Waals surface area (Å²) in [5.41, 5.74) is 0.144. The molecule has 4 saturated carbocycles. The molecule has 1 aromatic heterocycles. The van der Waals surface area contributed by atoms with Crippen molar-refractivity contribution in [2.75, 3.05) is 12.3 Å². The van der Waals surface area contributed by atoms with Gasteiger partial charge in [-0.15, -0.1) is 10.2 Å². The van der Waals surface area contributed by atoms with Crippen LogP contribution in [0.15, 0.2) is 9.64 Å². The molecule has 1 saturated heterocycles. The molecule has 1 aliphatic heterocycles. The van der Waals surface area contributed by atoms with Crippen LogP contribution in [0.2, 0.25) is 0 Å². The van der Waals surface area contributed by atoms with Crippen LogP contribution in [0.4, 0.5) is 0 Å². The van der Waals surface area contributed by atoms with Crippen molar-refractivity contribution in [2.24, 2.45) is 17.8 Å². The van der Waals surface area contributed by atoms with Crippen LogP contribution in [0.3, 0.4) is 0 Å². The van der Waals surface area contributed by atoms with Crippen molar-refractivity contribution in [3.63, 3.8) is 0 Å². The summed E-state index contributed by atoms with van der Waals surface area (Å²) in [7, 11) is 0. The number of amides is 1. The third kappa shape index (κ3) is 3.32. The molecular formula is C21H31N3O2S. The maximum atomic E-state index is 12.7. The lowest BCUT2D eigenvalue weighted by molar-refractivity contribution is -0.132. The van der Waals surface area contributed by atoms with E-state index in [2.05, 4.69) is 22.0 Å². The third-order valence-electron chi connectivity index (χ3n) is 7.64. The molecule has 27 heavy (non-hydrogen) atoms. The Bertz CT molecular complexity index is 668. The smallest absolute Gasteiger partial charge is 0.277 e. The highest BCUT2D eigenvalue weighted by atomic mass is 32.2. The van der Waals surface area contributed by atoms with Gasteiger partial charge in [-0.3, -0.25) is 4.79 Å². The Morgan fingerprint density at radius 1 is 1.15 bits per heavy atom. The normalized spacial score (nSPS) is 37.7. The summed E-state index contributed by atoms with van der Waals surface area (Å²) in [5.74, 6) is 4.10. The lowest BCUT2D eigenvalue weighted by Gasteiger charge is -2.55. The number of nitrogens with zero attached hydrogens (tertiary/aromatic N) is 3. The Kier molecular flexibility index (Phi) is 4.73. The van der Waals surface area contributed by atoms with Gasteiger partial charge in [0.25, 0.3) is 5.22 Å². The SMILES string of the molecule is CC[C@@H]1CCCCN1C(=O)CSc1nnc(C23CC4CC(CC(C4)C2)C3)o1. The molecule has 5 nitrogen and oxygen atoms in total. The molecular weight excluding hydrogens is 358 g/mol. The summed E-state index contributed by atoms with van der Waals surface area (Å²) < 4.78 is 6.13. The maximum Gasteiger partial charge on any atom is 0.277 e. The zero-order valence-electron chi connectivity index (χ0n) is 16.4. The number of rotatable bonds is 5. The number of piperidine rings is 1. The van der Waals surface area contributed by atoms with Crippen LogP contribution >= 0.6 is 11.8 Å². The van der Waals surface area contributed by atoms with E-state index >= 15 is 0 Å². The zero-order chi connectivity index (χ0) is 18.4. The predicted molar refractivity (Wildman–Crippen MR) is 105 cm³/mol. The molecule has 0 spiro atoms. The quantitative estimate of drug-likeness (QED) is 0.698. The summed E-state index contributed by atoms with van der Waals surface area (Å²) in [6, 6.07) is 0.414. The van der Waals surface area contributed by atoms with Crippen molar-refractivity contribution in [3.8, 4) is 0 Å². The molecule has 2 heterocycles. The van der Waals surface area contributed by atoms with Gasteiger partial charge in [-0.1, -0.05) is 18.7 Å². The molecule has 1 atom stereocenters. The molecule has 4 bridgehead atoms. The summed E-state index contributed by atoms with van der Waals surface area (Å²) in [6.45, 7) is 3.08. The van der Waals surface area contributed by atoms with E-state index < -0.39 is 0 Å². The second-order valence-corrected chi connectivity index (χ2v) is 10.4. The van der Waals surface area contributed by atoms with E-state index in [0.29, 0.717) is 17.0 Å². The number of carbonyl (C=O) groups excluding carboxylic acids is 1. The van der Waals surface area contributed by atoms with E-state index in [1.165, 1.54) is 56.7 Å². The van der Waals surface area contributed by atoms with Gasteiger partial charge in [0.2, 0.25) is 11.8 Å². The Morgan fingerprint density at radius 2 is 1.85 bits per heavy atom. The minimum absolute atomic E-state index is 0.144. The second kappa shape index (κ2) is 7.09. The second-order valence-electron chi connectivity index (χ2n) is 9.50. The van der Waals surface area contributed by atoms with Gasteiger partial charge in [0.1, 0.15) is 0 Å². The first-order valence-corrected chi connectivity index (χ1v) is 11.9. The molecule has 0 N–H and O–H groups in total. The monoisotopic (exact) mass is 389 g/mol. The molecule has 1 amide bonds. The van der Waals surface area contributed by atoms with Gasteiger partial charge in [0.05, 0.1) is 5.75 Å². The highest BCUT2D eigenvalue weighted by Gasteiger charge is 2.54. The van der Waals surface area contributed by atoms with Crippen molar-refractivity contribution in [2.45, 2.75) is 87.8 Å². The molecule has 6 rings (SSSR count). The van der Waals surface area contributed by atoms with Crippen molar-refractivity contribution >= 4 is 17.7 Å². The van der Waals surface area contributed by atoms with E-state index in [9.17, 15) is 4.79 Å². The van der Waals surface area contributed by atoms with E-state index in [1.807, 2.05) is 0 Å². The number of aromatic nitrogens is 2. The predicted octanol–water partition coefficient (Wildman–Crippen LogP) is 4.42. The van der Waals surface area contributed by atoms with Crippen molar-refractivity contribution < 1.29 is 9.21 Å². The maximum absolute atomic E-state index is 12.7. The molecule has 0 unspecified atom stereocenters. The van der Waals surface area contributed by atoms with Crippen LogP contribution in [0, 0.1) is 17.8 Å². The Morgan fingerprint density at radius 3 is 2.52 bits per heavy atom. The first-order valence-electron chi connectivity index (χ1n) is 10.9. The minimum atomic E-state index is 0.144. The molecule has 0 radical (unpaired) electrons. The molecule has 5 aliphatic rings. The number of carbonyl (C=O) groups is 1. The van der Waals surface area contributed by atoms with Crippen molar-refractivity contribution in [3.05, 3.63) is 5.89 Å². The van der Waals surface area contributed by atoms with Crippen LogP contribution in [-0.4, -0.2) is 39.3 Å². The lowest BCUT2D eigenvalue weighted by atomic mass is 9.49. The molecule has 1 aromatic rings. The molecule has 4 aliphatic carbocycles. The fourth-order valence-corrected chi connectivity index (χ4v) is 7.46. The van der Waals surface area contributed by atoms with Crippen LogP contribution in [-0.2, 0) is 10.2 Å². The van der Waals surface area contributed by atoms with Crippen LogP contribution in [0.5, 0.6) is 0 Å². The van der Waals surface area contributed by atoms with Gasteiger partial charge in [0, 0.05) is 18.0 Å². The van der Waals surface area contributed by atoms with Gasteiger partial charge >= 0.3 is 0 Å². The average Bonchev–Trinajstić information content (AvgIpc) is 3.15. The first kappa shape index (κ1) is 18.0. The number of thioether (sulfide) groups is 1. The van der Waals surface area contributed by atoms with Crippen LogP contribution in [0.1, 0.15) is 77.0 Å². The van der Waals surface area contributed by atoms with Crippen LogP contribution in [0.25, 0.3) is 0 Å². The summed E-state index contributed by atoms with van der Waals surface area (Å²) in [4.78, 5) is 14.8. The largest absolute Gasteiger partial charge is 0.415 e. The van der Waals surface area contributed by atoms with Gasteiger partial charge < -0.3 is 9.32 Å². The van der Waals surface area contributed by atoms with Crippen molar-refractivity contribution in [1.82, 2.24) is 15.1 Å². The average molecular weight is 390 g/mol. The van der Waals surface area contributed by atoms with E-state index in [0.717, 1.165) is 49.5 Å². The Balaban J connectivity index is 1.23. The Hall–Kier alpha value is -1.04. The van der Waals surface area contributed by atoms with E-state index in [-0.39, 0.29) is 11.3 Å². The highest BCUT2D eigenvalue weighted by Crippen LogP contribution is 2.60. The van der Waals surface area contributed by atoms with Crippen LogP contribution < -0.4 is 0 Å². The standard InChI is InChI=1S/C21H31N3O2S/c1-2-17-5-3-4-6-24(17)18(25)13-27-20-23-22-19(26-20)21-10-14-7-15(11-21)9-16(8-14)12-21/h14-17H,2-13H2,1H3/t14?,15?,16?,17-,21?/m1/s1. The summed E-state index contributed by atoms with van der Waals surface area (Å²) in [6.07, 6.45) is 12.5.